The van der Waals surface area contributed by atoms with E-state index in [9.17, 15) is 5.11 Å². The van der Waals surface area contributed by atoms with E-state index in [0.29, 0.717) is 0 Å². The minimum absolute atomic E-state index is 0.658. The lowest BCUT2D eigenvalue weighted by molar-refractivity contribution is 0.0204. The molecule has 0 aliphatic heterocycles. The van der Waals surface area contributed by atoms with Crippen LogP contribution in [0.2, 0.25) is 0 Å². The van der Waals surface area contributed by atoms with Crippen molar-refractivity contribution in [3.05, 3.63) is 0 Å². The van der Waals surface area contributed by atoms with Gasteiger partial charge in [0.05, 0.1) is 0 Å². The molecular formula is C8H19NO. The van der Waals surface area contributed by atoms with Crippen molar-refractivity contribution in [2.45, 2.75) is 45.8 Å². The summed E-state index contributed by atoms with van der Waals surface area (Å²) in [5.41, 5.74) is -0.658. The summed E-state index contributed by atoms with van der Waals surface area (Å²) >= 11 is 0. The van der Waals surface area contributed by atoms with Gasteiger partial charge in [-0.15, -0.1) is 0 Å². The summed E-state index contributed by atoms with van der Waals surface area (Å²) in [5, 5.41) is 12.5. The highest BCUT2D eigenvalue weighted by Crippen LogP contribution is 2.02. The van der Waals surface area contributed by atoms with Crippen LogP contribution in [0, 0.1) is 0 Å². The molecule has 62 valence electrons. The molecular weight excluding hydrogens is 126 g/mol. The van der Waals surface area contributed by atoms with Crippen molar-refractivity contribution < 1.29 is 5.11 Å². The van der Waals surface area contributed by atoms with Crippen molar-refractivity contribution in [1.29, 1.82) is 0 Å². The van der Waals surface area contributed by atoms with Crippen molar-refractivity contribution in [1.82, 2.24) is 5.32 Å². The molecule has 1 unspecified atom stereocenters. The molecule has 0 rings (SSSR count). The zero-order valence-corrected chi connectivity index (χ0v) is 7.28. The van der Waals surface area contributed by atoms with E-state index in [1.807, 2.05) is 13.8 Å². The second-order valence-electron chi connectivity index (χ2n) is 2.91. The van der Waals surface area contributed by atoms with Gasteiger partial charge in [-0.05, 0) is 26.3 Å². The van der Waals surface area contributed by atoms with Gasteiger partial charge in [0.1, 0.15) is 5.72 Å². The SMILES string of the molecule is CCCCNC(C)(O)CC. The fourth-order valence-electron chi connectivity index (χ4n) is 0.659. The van der Waals surface area contributed by atoms with Crippen molar-refractivity contribution in [2.75, 3.05) is 6.54 Å². The van der Waals surface area contributed by atoms with Crippen molar-refractivity contribution in [3.8, 4) is 0 Å². The van der Waals surface area contributed by atoms with E-state index in [0.717, 1.165) is 19.4 Å². The van der Waals surface area contributed by atoms with Gasteiger partial charge in [-0.3, -0.25) is 5.32 Å². The topological polar surface area (TPSA) is 32.3 Å². The predicted octanol–water partition coefficient (Wildman–Crippen LogP) is 1.49. The average Bonchev–Trinajstić information content (AvgIpc) is 1.89. The van der Waals surface area contributed by atoms with Gasteiger partial charge in [0.15, 0.2) is 0 Å². The van der Waals surface area contributed by atoms with Gasteiger partial charge in [-0.2, -0.15) is 0 Å². The summed E-state index contributed by atoms with van der Waals surface area (Å²) < 4.78 is 0. The average molecular weight is 145 g/mol. The van der Waals surface area contributed by atoms with Gasteiger partial charge in [0, 0.05) is 0 Å². The fraction of sp³-hybridized carbons (Fsp3) is 1.00. The second kappa shape index (κ2) is 4.69. The first-order chi connectivity index (χ1) is 4.62. The molecule has 0 aromatic rings. The molecule has 0 aromatic carbocycles. The molecule has 0 amide bonds. The van der Waals surface area contributed by atoms with Crippen molar-refractivity contribution in [3.63, 3.8) is 0 Å². The van der Waals surface area contributed by atoms with Gasteiger partial charge >= 0.3 is 0 Å². The predicted molar refractivity (Wildman–Crippen MR) is 43.8 cm³/mol. The van der Waals surface area contributed by atoms with Crippen LogP contribution in [-0.4, -0.2) is 17.4 Å². The number of hydrogen-bond acceptors (Lipinski definition) is 2. The highest BCUT2D eigenvalue weighted by molar-refractivity contribution is 4.65. The molecule has 2 heteroatoms. The Labute approximate surface area is 63.6 Å². The van der Waals surface area contributed by atoms with E-state index in [1.165, 1.54) is 6.42 Å². The van der Waals surface area contributed by atoms with Crippen LogP contribution in [0.25, 0.3) is 0 Å². The van der Waals surface area contributed by atoms with Crippen LogP contribution in [0.5, 0.6) is 0 Å². The Morgan fingerprint density at radius 3 is 2.40 bits per heavy atom. The Bertz CT molecular complexity index is 81.3. The van der Waals surface area contributed by atoms with Gasteiger partial charge in [-0.1, -0.05) is 20.3 Å². The maximum absolute atomic E-state index is 9.44. The van der Waals surface area contributed by atoms with E-state index < -0.39 is 5.72 Å². The smallest absolute Gasteiger partial charge is 0.112 e. The number of unbranched alkanes of at least 4 members (excludes halogenated alkanes) is 1. The third-order valence-corrected chi connectivity index (χ3v) is 1.72. The highest BCUT2D eigenvalue weighted by Gasteiger charge is 2.14. The molecule has 2 nitrogen and oxygen atoms in total. The number of aliphatic hydroxyl groups is 1. The van der Waals surface area contributed by atoms with Crippen LogP contribution in [0.15, 0.2) is 0 Å². The number of hydrogen-bond donors (Lipinski definition) is 2. The molecule has 0 saturated carbocycles. The fourth-order valence-corrected chi connectivity index (χ4v) is 0.659. The monoisotopic (exact) mass is 145 g/mol. The molecule has 0 spiro atoms. The minimum atomic E-state index is -0.658. The lowest BCUT2D eigenvalue weighted by Gasteiger charge is -2.22. The van der Waals surface area contributed by atoms with Crippen LogP contribution in [0.3, 0.4) is 0 Å². The molecule has 0 aromatic heterocycles. The first-order valence-electron chi connectivity index (χ1n) is 4.09. The van der Waals surface area contributed by atoms with E-state index in [-0.39, 0.29) is 0 Å². The van der Waals surface area contributed by atoms with Crippen LogP contribution >= 0.6 is 0 Å². The van der Waals surface area contributed by atoms with Crippen molar-refractivity contribution in [2.24, 2.45) is 0 Å². The van der Waals surface area contributed by atoms with Gasteiger partial charge in [0.25, 0.3) is 0 Å². The van der Waals surface area contributed by atoms with E-state index in [1.54, 1.807) is 0 Å². The van der Waals surface area contributed by atoms with E-state index >= 15 is 0 Å². The molecule has 2 N–H and O–H groups in total. The van der Waals surface area contributed by atoms with Gasteiger partial charge in [-0.25, -0.2) is 0 Å². The van der Waals surface area contributed by atoms with Crippen LogP contribution < -0.4 is 5.32 Å². The summed E-state index contributed by atoms with van der Waals surface area (Å²) in [4.78, 5) is 0. The summed E-state index contributed by atoms with van der Waals surface area (Å²) in [6.45, 7) is 6.83. The van der Waals surface area contributed by atoms with Crippen LogP contribution in [0.1, 0.15) is 40.0 Å². The molecule has 1 atom stereocenters. The number of rotatable bonds is 5. The van der Waals surface area contributed by atoms with E-state index in [2.05, 4.69) is 12.2 Å². The standard InChI is InChI=1S/C8H19NO/c1-4-6-7-9-8(3,10)5-2/h9-10H,4-7H2,1-3H3. The van der Waals surface area contributed by atoms with E-state index in [4.69, 9.17) is 0 Å². The summed E-state index contributed by atoms with van der Waals surface area (Å²) in [7, 11) is 0. The first kappa shape index (κ1) is 9.92. The summed E-state index contributed by atoms with van der Waals surface area (Å²) in [5.74, 6) is 0. The molecule has 0 radical (unpaired) electrons. The molecule has 0 saturated heterocycles. The summed E-state index contributed by atoms with van der Waals surface area (Å²) in [6.07, 6.45) is 3.07. The second-order valence-corrected chi connectivity index (χ2v) is 2.91. The van der Waals surface area contributed by atoms with Crippen LogP contribution in [0.4, 0.5) is 0 Å². The normalized spacial score (nSPS) is 16.8. The first-order valence-corrected chi connectivity index (χ1v) is 4.09. The highest BCUT2D eigenvalue weighted by atomic mass is 16.3. The molecule has 0 bridgehead atoms. The van der Waals surface area contributed by atoms with Crippen molar-refractivity contribution >= 4 is 0 Å². The minimum Gasteiger partial charge on any atom is -0.376 e. The van der Waals surface area contributed by atoms with Gasteiger partial charge < -0.3 is 5.11 Å². The maximum atomic E-state index is 9.44. The molecule has 0 aliphatic carbocycles. The zero-order valence-electron chi connectivity index (χ0n) is 7.28. The molecule has 0 heterocycles. The Balaban J connectivity index is 3.28. The third-order valence-electron chi connectivity index (χ3n) is 1.72. The Morgan fingerprint density at radius 2 is 2.00 bits per heavy atom. The molecule has 0 fully saturated rings. The third kappa shape index (κ3) is 4.77. The molecule has 0 aliphatic rings. The zero-order chi connectivity index (χ0) is 8.04. The Morgan fingerprint density at radius 1 is 1.40 bits per heavy atom. The maximum Gasteiger partial charge on any atom is 0.112 e. The summed E-state index contributed by atoms with van der Waals surface area (Å²) in [6, 6.07) is 0. The largest absolute Gasteiger partial charge is 0.376 e. The Kier molecular flexibility index (Phi) is 4.65. The quantitative estimate of drug-likeness (QED) is 0.454. The lowest BCUT2D eigenvalue weighted by Crippen LogP contribution is -2.41. The number of nitrogens with one attached hydrogen (secondary N) is 1. The van der Waals surface area contributed by atoms with Gasteiger partial charge in [0.2, 0.25) is 0 Å². The Hall–Kier alpha value is -0.0800. The van der Waals surface area contributed by atoms with Crippen LogP contribution in [-0.2, 0) is 0 Å². The molecule has 10 heavy (non-hydrogen) atoms. The lowest BCUT2D eigenvalue weighted by atomic mass is 10.2.